The van der Waals surface area contributed by atoms with E-state index in [1.807, 2.05) is 17.5 Å². The summed E-state index contributed by atoms with van der Waals surface area (Å²) in [6.45, 7) is 0.513. The zero-order valence-electron chi connectivity index (χ0n) is 15.6. The number of methoxy groups -OCH3 is 2. The third-order valence-corrected chi connectivity index (χ3v) is 9.83. The maximum absolute atomic E-state index is 13.2. The minimum atomic E-state index is -3.88. The maximum Gasteiger partial charge on any atom is 0.183 e. The van der Waals surface area contributed by atoms with Crippen LogP contribution in [0.15, 0.2) is 40.6 Å². The molecular formula is C18H23NO6S3. The van der Waals surface area contributed by atoms with Gasteiger partial charge in [0.1, 0.15) is 0 Å². The molecule has 154 valence electrons. The van der Waals surface area contributed by atoms with Gasteiger partial charge in [0, 0.05) is 23.5 Å². The van der Waals surface area contributed by atoms with Gasteiger partial charge in [-0.2, -0.15) is 0 Å². The Hall–Kier alpha value is -1.62. The van der Waals surface area contributed by atoms with Crippen molar-refractivity contribution in [1.82, 2.24) is 5.32 Å². The van der Waals surface area contributed by atoms with Crippen LogP contribution in [0.3, 0.4) is 0 Å². The van der Waals surface area contributed by atoms with Crippen molar-refractivity contribution in [1.29, 1.82) is 0 Å². The quantitative estimate of drug-likeness (QED) is 0.658. The average Bonchev–Trinajstić information content (AvgIpc) is 3.28. The predicted molar refractivity (Wildman–Crippen MR) is 109 cm³/mol. The molecule has 0 amide bonds. The highest BCUT2D eigenvalue weighted by atomic mass is 32.2. The van der Waals surface area contributed by atoms with Crippen LogP contribution in [0, 0.1) is 0 Å². The molecule has 1 saturated heterocycles. The van der Waals surface area contributed by atoms with E-state index in [1.54, 1.807) is 11.3 Å². The van der Waals surface area contributed by atoms with E-state index < -0.39 is 31.0 Å². The molecule has 7 nitrogen and oxygen atoms in total. The Kier molecular flexibility index (Phi) is 6.33. The van der Waals surface area contributed by atoms with Crippen molar-refractivity contribution in [3.8, 4) is 11.5 Å². The summed E-state index contributed by atoms with van der Waals surface area (Å²) in [6, 6.07) is 7.60. The van der Waals surface area contributed by atoms with Gasteiger partial charge in [-0.1, -0.05) is 6.07 Å². The molecule has 1 fully saturated rings. The third-order valence-electron chi connectivity index (χ3n) is 4.74. The highest BCUT2D eigenvalue weighted by Gasteiger charge is 2.45. The summed E-state index contributed by atoms with van der Waals surface area (Å²) < 4.78 is 61.1. The number of rotatable bonds is 8. The van der Waals surface area contributed by atoms with Crippen molar-refractivity contribution in [2.75, 3.05) is 32.3 Å². The van der Waals surface area contributed by atoms with Gasteiger partial charge >= 0.3 is 0 Å². The van der Waals surface area contributed by atoms with E-state index in [9.17, 15) is 16.8 Å². The highest BCUT2D eigenvalue weighted by molar-refractivity contribution is 7.96. The Morgan fingerprint density at radius 3 is 2.54 bits per heavy atom. The topological polar surface area (TPSA) is 98.8 Å². The molecule has 0 spiro atoms. The molecule has 2 heterocycles. The van der Waals surface area contributed by atoms with Crippen molar-refractivity contribution in [2.45, 2.75) is 22.6 Å². The predicted octanol–water partition coefficient (Wildman–Crippen LogP) is 1.54. The molecule has 0 radical (unpaired) electrons. The summed E-state index contributed by atoms with van der Waals surface area (Å²) in [5.74, 6) is 0.118. The van der Waals surface area contributed by atoms with Crippen LogP contribution in [0.2, 0.25) is 0 Å². The van der Waals surface area contributed by atoms with E-state index in [-0.39, 0.29) is 22.2 Å². The lowest BCUT2D eigenvalue weighted by Crippen LogP contribution is -2.44. The Bertz CT molecular complexity index is 1020. The van der Waals surface area contributed by atoms with Crippen LogP contribution >= 0.6 is 11.3 Å². The smallest absolute Gasteiger partial charge is 0.183 e. The first-order valence-electron chi connectivity index (χ1n) is 8.69. The van der Waals surface area contributed by atoms with E-state index in [2.05, 4.69) is 5.32 Å². The van der Waals surface area contributed by atoms with Gasteiger partial charge in [-0.05, 0) is 30.0 Å². The summed E-state index contributed by atoms with van der Waals surface area (Å²) in [6.07, 6.45) is 0.720. The molecule has 0 unspecified atom stereocenters. The van der Waals surface area contributed by atoms with Crippen LogP contribution in [-0.2, 0) is 26.1 Å². The Labute approximate surface area is 169 Å². The van der Waals surface area contributed by atoms with Crippen molar-refractivity contribution in [3.05, 3.63) is 40.6 Å². The normalized spacial score (nSPS) is 21.5. The van der Waals surface area contributed by atoms with E-state index in [0.717, 1.165) is 11.3 Å². The molecule has 10 heteroatoms. The fourth-order valence-electron chi connectivity index (χ4n) is 3.32. The molecule has 1 aliphatic rings. The lowest BCUT2D eigenvalue weighted by molar-refractivity contribution is 0.354. The zero-order chi connectivity index (χ0) is 20.4. The summed E-state index contributed by atoms with van der Waals surface area (Å²) in [7, 11) is -4.44. The molecule has 3 rings (SSSR count). The fourth-order valence-corrected chi connectivity index (χ4v) is 8.75. The number of thiophene rings is 1. The summed E-state index contributed by atoms with van der Waals surface area (Å²) in [5, 5.41) is 4.07. The fraction of sp³-hybridized carbons (Fsp3) is 0.444. The van der Waals surface area contributed by atoms with E-state index in [1.165, 1.54) is 32.4 Å². The van der Waals surface area contributed by atoms with Gasteiger partial charge in [0.25, 0.3) is 0 Å². The second kappa shape index (κ2) is 8.40. The van der Waals surface area contributed by atoms with Gasteiger partial charge in [0.15, 0.2) is 31.2 Å². The van der Waals surface area contributed by atoms with E-state index >= 15 is 0 Å². The lowest BCUT2D eigenvalue weighted by atomic mass is 10.2. The third kappa shape index (κ3) is 4.51. The molecule has 0 aliphatic carbocycles. The summed E-state index contributed by atoms with van der Waals surface area (Å²) in [4.78, 5) is 1.19. The van der Waals surface area contributed by atoms with Crippen LogP contribution in [0.1, 0.15) is 4.88 Å². The van der Waals surface area contributed by atoms with Crippen molar-refractivity contribution < 1.29 is 26.3 Å². The van der Waals surface area contributed by atoms with Gasteiger partial charge in [-0.25, -0.2) is 16.8 Å². The Morgan fingerprint density at radius 2 is 1.89 bits per heavy atom. The average molecular weight is 446 g/mol. The molecule has 2 aromatic rings. The van der Waals surface area contributed by atoms with Gasteiger partial charge in [-0.3, -0.25) is 0 Å². The second-order valence-corrected chi connectivity index (χ2v) is 11.9. The number of benzene rings is 1. The largest absolute Gasteiger partial charge is 0.493 e. The van der Waals surface area contributed by atoms with Crippen LogP contribution in [0.4, 0.5) is 0 Å². The number of nitrogens with one attached hydrogen (secondary N) is 1. The number of hydrogen-bond acceptors (Lipinski definition) is 8. The Morgan fingerprint density at radius 1 is 1.14 bits per heavy atom. The van der Waals surface area contributed by atoms with Crippen molar-refractivity contribution in [3.63, 3.8) is 0 Å². The molecule has 1 N–H and O–H groups in total. The van der Waals surface area contributed by atoms with Crippen LogP contribution in [-0.4, -0.2) is 60.4 Å². The summed E-state index contributed by atoms with van der Waals surface area (Å²) in [5.41, 5.74) is 0. The first-order chi connectivity index (χ1) is 13.3. The van der Waals surface area contributed by atoms with Crippen LogP contribution in [0.5, 0.6) is 11.5 Å². The van der Waals surface area contributed by atoms with Crippen LogP contribution in [0.25, 0.3) is 0 Å². The summed E-state index contributed by atoms with van der Waals surface area (Å²) >= 11 is 1.61. The molecular weight excluding hydrogens is 422 g/mol. The maximum atomic E-state index is 13.2. The number of hydrogen-bond donors (Lipinski definition) is 1. The van der Waals surface area contributed by atoms with E-state index in [4.69, 9.17) is 9.47 Å². The monoisotopic (exact) mass is 445 g/mol. The van der Waals surface area contributed by atoms with Crippen LogP contribution < -0.4 is 14.8 Å². The first-order valence-corrected chi connectivity index (χ1v) is 12.9. The molecule has 28 heavy (non-hydrogen) atoms. The molecule has 1 aliphatic heterocycles. The second-order valence-electron chi connectivity index (χ2n) is 6.57. The van der Waals surface area contributed by atoms with Gasteiger partial charge < -0.3 is 14.8 Å². The zero-order valence-corrected chi connectivity index (χ0v) is 18.1. The standard InChI is InChI=1S/C18H23NO6S3/c1-24-16-6-5-14(10-17(16)25-2)28(22,23)18-12-27(20,21)11-15(18)19-8-7-13-4-3-9-26-13/h3-6,9-10,15,18-19H,7-8,11-12H2,1-2H3/t15-,18-/m0/s1. The molecule has 0 saturated carbocycles. The van der Waals surface area contributed by atoms with Gasteiger partial charge in [-0.15, -0.1) is 11.3 Å². The number of ether oxygens (including phenoxy) is 2. The van der Waals surface area contributed by atoms with Crippen molar-refractivity contribution >= 4 is 31.0 Å². The van der Waals surface area contributed by atoms with Gasteiger partial charge in [0.05, 0.1) is 35.9 Å². The molecule has 1 aromatic heterocycles. The number of sulfone groups is 2. The lowest BCUT2D eigenvalue weighted by Gasteiger charge is -2.20. The molecule has 0 bridgehead atoms. The first kappa shape index (κ1) is 21.1. The minimum Gasteiger partial charge on any atom is -0.493 e. The molecule has 1 aromatic carbocycles. The van der Waals surface area contributed by atoms with E-state index in [0.29, 0.717) is 12.3 Å². The van der Waals surface area contributed by atoms with Gasteiger partial charge in [0.2, 0.25) is 0 Å². The SMILES string of the molecule is COc1ccc(S(=O)(=O)[C@H]2CS(=O)(=O)C[C@@H]2NCCc2cccs2)cc1OC. The minimum absolute atomic E-state index is 0.0253. The van der Waals surface area contributed by atoms with Crippen molar-refractivity contribution in [2.24, 2.45) is 0 Å². The Balaban J connectivity index is 1.83. The molecule has 2 atom stereocenters. The highest BCUT2D eigenvalue weighted by Crippen LogP contribution is 2.33.